The number of rotatable bonds is 6. The van der Waals surface area contributed by atoms with E-state index in [4.69, 9.17) is 21.1 Å². The van der Waals surface area contributed by atoms with Crippen LogP contribution in [0.25, 0.3) is 0 Å². The molecule has 4 nitrogen and oxygen atoms in total. The Morgan fingerprint density at radius 2 is 1.92 bits per heavy atom. The zero-order valence-electron chi connectivity index (χ0n) is 14.6. The molecule has 3 rings (SSSR count). The summed E-state index contributed by atoms with van der Waals surface area (Å²) in [6, 6.07) is 15.7. The molecule has 1 aromatic heterocycles. The predicted octanol–water partition coefficient (Wildman–Crippen LogP) is 3.82. The maximum Gasteiger partial charge on any atom is 0.290 e. The van der Waals surface area contributed by atoms with Crippen molar-refractivity contribution < 1.29 is 14.0 Å². The minimum atomic E-state index is -0.212. The van der Waals surface area contributed by atoms with Crippen molar-refractivity contribution in [1.29, 1.82) is 0 Å². The van der Waals surface area contributed by atoms with Gasteiger partial charge in [0.25, 0.3) is 5.82 Å². The quantitative estimate of drug-likeness (QED) is 0.627. The van der Waals surface area contributed by atoms with Gasteiger partial charge in [-0.05, 0) is 35.4 Å². The molecule has 25 heavy (non-hydrogen) atoms. The van der Waals surface area contributed by atoms with Gasteiger partial charge in [0.15, 0.2) is 6.10 Å². The Kier molecular flexibility index (Phi) is 5.41. The minimum Gasteiger partial charge on any atom is -0.497 e. The molecule has 0 amide bonds. The van der Waals surface area contributed by atoms with Crippen LogP contribution >= 0.6 is 11.6 Å². The maximum absolute atomic E-state index is 6.32. The average Bonchev–Trinajstić information content (AvgIpc) is 2.96. The number of methoxy groups -OCH3 is 1. The normalized spacial score (nSPS) is 12.2. The van der Waals surface area contributed by atoms with E-state index in [-0.39, 0.29) is 6.10 Å². The van der Waals surface area contributed by atoms with Crippen LogP contribution in [-0.4, -0.2) is 11.7 Å². The van der Waals surface area contributed by atoms with E-state index in [0.29, 0.717) is 6.61 Å². The summed E-state index contributed by atoms with van der Waals surface area (Å²) in [6.45, 7) is 0.490. The molecular formula is C20H22ClN2O2+. The third-order valence-electron chi connectivity index (χ3n) is 4.20. The van der Waals surface area contributed by atoms with Crippen LogP contribution in [0.1, 0.15) is 23.1 Å². The fourth-order valence-corrected chi connectivity index (χ4v) is 2.98. The zero-order valence-corrected chi connectivity index (χ0v) is 15.4. The predicted molar refractivity (Wildman–Crippen MR) is 97.7 cm³/mol. The number of ether oxygens (including phenoxy) is 2. The molecule has 0 N–H and O–H groups in total. The topological polar surface area (TPSA) is 27.3 Å². The molecule has 0 radical (unpaired) electrons. The monoisotopic (exact) mass is 357 g/mol. The largest absolute Gasteiger partial charge is 0.497 e. The Morgan fingerprint density at radius 3 is 2.56 bits per heavy atom. The van der Waals surface area contributed by atoms with Gasteiger partial charge in [0.1, 0.15) is 18.1 Å². The lowest BCUT2D eigenvalue weighted by molar-refractivity contribution is -0.682. The molecule has 130 valence electrons. The standard InChI is InChI=1S/C20H22ClN2O2/c1-22-11-12-23(2)20(22)19(16-5-4-6-18(13-16)24-3)25-14-15-7-9-17(21)10-8-15/h4-13,19H,14H2,1-3H3/q+1. The Balaban J connectivity index is 1.92. The number of hydrogen-bond donors (Lipinski definition) is 0. The van der Waals surface area contributed by atoms with E-state index >= 15 is 0 Å². The van der Waals surface area contributed by atoms with Crippen LogP contribution in [0.15, 0.2) is 60.9 Å². The van der Waals surface area contributed by atoms with Gasteiger partial charge in [0.05, 0.1) is 27.8 Å². The second-order valence-corrected chi connectivity index (χ2v) is 6.41. The Bertz CT molecular complexity index is 824. The van der Waals surface area contributed by atoms with Gasteiger partial charge < -0.3 is 9.47 Å². The highest BCUT2D eigenvalue weighted by Crippen LogP contribution is 2.28. The molecule has 0 aliphatic rings. The molecule has 0 aliphatic heterocycles. The molecule has 5 heteroatoms. The summed E-state index contributed by atoms with van der Waals surface area (Å²) in [5, 5.41) is 0.724. The van der Waals surface area contributed by atoms with Crippen molar-refractivity contribution in [1.82, 2.24) is 4.57 Å². The molecule has 0 bridgehead atoms. The van der Waals surface area contributed by atoms with Gasteiger partial charge in [-0.3, -0.25) is 0 Å². The van der Waals surface area contributed by atoms with Crippen molar-refractivity contribution in [2.75, 3.05) is 7.11 Å². The van der Waals surface area contributed by atoms with E-state index in [1.54, 1.807) is 7.11 Å². The highest BCUT2D eigenvalue weighted by molar-refractivity contribution is 6.30. The number of aromatic nitrogens is 2. The summed E-state index contributed by atoms with van der Waals surface area (Å²) in [5.74, 6) is 1.87. The first kappa shape index (κ1) is 17.5. The molecule has 1 unspecified atom stereocenters. The summed E-state index contributed by atoms with van der Waals surface area (Å²) < 4.78 is 15.8. The average molecular weight is 358 g/mol. The molecular weight excluding hydrogens is 336 g/mol. The first-order valence-corrected chi connectivity index (χ1v) is 8.47. The molecule has 0 fully saturated rings. The lowest BCUT2D eigenvalue weighted by atomic mass is 10.1. The second kappa shape index (κ2) is 7.72. The van der Waals surface area contributed by atoms with Crippen LogP contribution in [-0.2, 0) is 25.4 Å². The first-order chi connectivity index (χ1) is 12.1. The molecule has 2 aromatic carbocycles. The molecule has 0 saturated heterocycles. The van der Waals surface area contributed by atoms with Gasteiger partial charge in [-0.25, -0.2) is 9.13 Å². The van der Waals surface area contributed by atoms with Crippen molar-refractivity contribution in [3.63, 3.8) is 0 Å². The van der Waals surface area contributed by atoms with E-state index < -0.39 is 0 Å². The van der Waals surface area contributed by atoms with Crippen LogP contribution in [0.4, 0.5) is 0 Å². The lowest BCUT2D eigenvalue weighted by Crippen LogP contribution is -2.35. The molecule has 1 atom stereocenters. The highest BCUT2D eigenvalue weighted by Gasteiger charge is 2.27. The van der Waals surface area contributed by atoms with Crippen LogP contribution in [0, 0.1) is 0 Å². The summed E-state index contributed by atoms with van der Waals surface area (Å²) in [6.07, 6.45) is 3.83. The van der Waals surface area contributed by atoms with E-state index in [2.05, 4.69) is 15.2 Å². The molecule has 0 spiro atoms. The lowest BCUT2D eigenvalue weighted by Gasteiger charge is -2.17. The van der Waals surface area contributed by atoms with Crippen LogP contribution < -0.4 is 9.30 Å². The van der Waals surface area contributed by atoms with Gasteiger partial charge in [-0.1, -0.05) is 35.9 Å². The summed E-state index contributed by atoms with van der Waals surface area (Å²) in [4.78, 5) is 0. The van der Waals surface area contributed by atoms with Crippen molar-refractivity contribution in [3.8, 4) is 5.75 Å². The Morgan fingerprint density at radius 1 is 1.16 bits per heavy atom. The van der Waals surface area contributed by atoms with Crippen molar-refractivity contribution >= 4 is 11.6 Å². The highest BCUT2D eigenvalue weighted by atomic mass is 35.5. The van der Waals surface area contributed by atoms with Gasteiger partial charge in [0.2, 0.25) is 0 Å². The van der Waals surface area contributed by atoms with Gasteiger partial charge in [-0.2, -0.15) is 0 Å². The third-order valence-corrected chi connectivity index (χ3v) is 4.45. The number of benzene rings is 2. The van der Waals surface area contributed by atoms with Crippen molar-refractivity contribution in [3.05, 3.63) is 82.9 Å². The fourth-order valence-electron chi connectivity index (χ4n) is 2.86. The van der Waals surface area contributed by atoms with E-state index in [9.17, 15) is 0 Å². The van der Waals surface area contributed by atoms with Crippen molar-refractivity contribution in [2.24, 2.45) is 14.1 Å². The molecule has 3 aromatic rings. The van der Waals surface area contributed by atoms with Gasteiger partial charge in [-0.15, -0.1) is 0 Å². The smallest absolute Gasteiger partial charge is 0.290 e. The van der Waals surface area contributed by atoms with E-state index in [1.807, 2.05) is 69.0 Å². The van der Waals surface area contributed by atoms with Crippen LogP contribution in [0.3, 0.4) is 0 Å². The third kappa shape index (κ3) is 4.03. The second-order valence-electron chi connectivity index (χ2n) is 5.97. The summed E-state index contributed by atoms with van der Waals surface area (Å²) in [5.41, 5.74) is 2.12. The number of hydrogen-bond acceptors (Lipinski definition) is 2. The Labute approximate surface area is 153 Å². The molecule has 0 aliphatic carbocycles. The van der Waals surface area contributed by atoms with Gasteiger partial charge >= 0.3 is 0 Å². The summed E-state index contributed by atoms with van der Waals surface area (Å²) in [7, 11) is 5.72. The number of imidazole rings is 1. The number of nitrogens with zero attached hydrogens (tertiary/aromatic N) is 2. The van der Waals surface area contributed by atoms with Crippen LogP contribution in [0.2, 0.25) is 5.02 Å². The Hall–Kier alpha value is -2.30. The fraction of sp³-hybridized carbons (Fsp3) is 0.250. The molecule has 1 heterocycles. The van der Waals surface area contributed by atoms with E-state index in [0.717, 1.165) is 27.7 Å². The molecule has 0 saturated carbocycles. The number of aryl methyl sites for hydroxylation is 2. The van der Waals surface area contributed by atoms with Crippen LogP contribution in [0.5, 0.6) is 5.75 Å². The number of halogens is 1. The SMILES string of the molecule is COc1cccc(C(OCc2ccc(Cl)cc2)c2n(C)cc[n+]2C)c1. The maximum atomic E-state index is 6.32. The van der Waals surface area contributed by atoms with Gasteiger partial charge in [0, 0.05) is 5.02 Å². The van der Waals surface area contributed by atoms with E-state index in [1.165, 1.54) is 0 Å². The van der Waals surface area contributed by atoms with Crippen molar-refractivity contribution in [2.45, 2.75) is 12.7 Å². The zero-order chi connectivity index (χ0) is 17.8. The first-order valence-electron chi connectivity index (χ1n) is 8.09. The summed E-state index contributed by atoms with van der Waals surface area (Å²) >= 11 is 5.97. The minimum absolute atomic E-state index is 0.212.